The van der Waals surface area contributed by atoms with Gasteiger partial charge in [0.2, 0.25) is 0 Å². The summed E-state index contributed by atoms with van der Waals surface area (Å²) in [4.78, 5) is 0. The first kappa shape index (κ1) is 16.7. The molecule has 0 fully saturated rings. The van der Waals surface area contributed by atoms with Crippen LogP contribution in [0.5, 0.6) is 0 Å². The first-order chi connectivity index (χ1) is 10.9. The summed E-state index contributed by atoms with van der Waals surface area (Å²) < 4.78 is 31.0. The van der Waals surface area contributed by atoms with Crippen LogP contribution in [0.1, 0.15) is 5.56 Å². The van der Waals surface area contributed by atoms with Crippen molar-refractivity contribution >= 4 is 58.9 Å². The highest BCUT2D eigenvalue weighted by molar-refractivity contribution is 9.11. The SMILES string of the molecule is O=S(=O)(Nc1cccc(Cn2cc(Br)cn2)c1)c1ccc(Br)s1. The molecular weight excluding hydrogens is 466 g/mol. The van der Waals surface area contributed by atoms with Crippen LogP contribution >= 0.6 is 43.2 Å². The van der Waals surface area contributed by atoms with E-state index in [1.54, 1.807) is 35.1 Å². The average molecular weight is 477 g/mol. The average Bonchev–Trinajstić information content (AvgIpc) is 3.08. The number of thiophene rings is 1. The van der Waals surface area contributed by atoms with E-state index in [0.717, 1.165) is 13.8 Å². The molecule has 0 radical (unpaired) electrons. The van der Waals surface area contributed by atoms with Crippen LogP contribution in [-0.2, 0) is 16.6 Å². The second kappa shape index (κ2) is 6.76. The van der Waals surface area contributed by atoms with Crippen molar-refractivity contribution in [1.29, 1.82) is 0 Å². The molecule has 0 unspecified atom stereocenters. The quantitative estimate of drug-likeness (QED) is 0.596. The van der Waals surface area contributed by atoms with Gasteiger partial charge in [-0.1, -0.05) is 12.1 Å². The standard InChI is InChI=1S/C14H11Br2N3O2S2/c15-11-7-17-19(9-11)8-10-2-1-3-12(6-10)18-23(20,21)14-5-4-13(16)22-14/h1-7,9,18H,8H2. The van der Waals surface area contributed by atoms with Crippen LogP contribution in [0.2, 0.25) is 0 Å². The number of sulfonamides is 1. The van der Waals surface area contributed by atoms with E-state index in [4.69, 9.17) is 0 Å². The second-order valence-corrected chi connectivity index (χ2v) is 10.0. The van der Waals surface area contributed by atoms with E-state index in [2.05, 4.69) is 41.7 Å². The highest BCUT2D eigenvalue weighted by atomic mass is 79.9. The highest BCUT2D eigenvalue weighted by Crippen LogP contribution is 2.27. The topological polar surface area (TPSA) is 64.0 Å². The lowest BCUT2D eigenvalue weighted by Gasteiger charge is -2.08. The number of aromatic nitrogens is 2. The van der Waals surface area contributed by atoms with E-state index < -0.39 is 10.0 Å². The molecule has 1 aromatic carbocycles. The fourth-order valence-electron chi connectivity index (χ4n) is 1.99. The third-order valence-corrected chi connectivity index (χ3v) is 6.85. The Morgan fingerprint density at radius 3 is 2.70 bits per heavy atom. The van der Waals surface area contributed by atoms with E-state index in [1.807, 2.05) is 18.3 Å². The fraction of sp³-hybridized carbons (Fsp3) is 0.0714. The van der Waals surface area contributed by atoms with Crippen molar-refractivity contribution < 1.29 is 8.42 Å². The van der Waals surface area contributed by atoms with Crippen LogP contribution in [0.15, 0.2) is 61.3 Å². The number of hydrogen-bond donors (Lipinski definition) is 1. The summed E-state index contributed by atoms with van der Waals surface area (Å²) in [6.07, 6.45) is 3.57. The van der Waals surface area contributed by atoms with E-state index in [0.29, 0.717) is 12.2 Å². The molecule has 0 bridgehead atoms. The Balaban J connectivity index is 1.80. The minimum Gasteiger partial charge on any atom is -0.279 e. The molecule has 9 heteroatoms. The van der Waals surface area contributed by atoms with Crippen LogP contribution in [-0.4, -0.2) is 18.2 Å². The predicted molar refractivity (Wildman–Crippen MR) is 98.3 cm³/mol. The number of anilines is 1. The summed E-state index contributed by atoms with van der Waals surface area (Å²) in [5.41, 5.74) is 1.48. The molecule has 0 aliphatic carbocycles. The van der Waals surface area contributed by atoms with Gasteiger partial charge in [0, 0.05) is 11.9 Å². The number of hydrogen-bond acceptors (Lipinski definition) is 4. The lowest BCUT2D eigenvalue weighted by molar-refractivity contribution is 0.603. The van der Waals surface area contributed by atoms with Gasteiger partial charge in [-0.2, -0.15) is 5.10 Å². The monoisotopic (exact) mass is 475 g/mol. The Bertz CT molecular complexity index is 935. The number of nitrogens with zero attached hydrogens (tertiary/aromatic N) is 2. The van der Waals surface area contributed by atoms with Crippen LogP contribution in [0.4, 0.5) is 5.69 Å². The van der Waals surface area contributed by atoms with E-state index in [9.17, 15) is 8.42 Å². The zero-order valence-electron chi connectivity index (χ0n) is 11.6. The lowest BCUT2D eigenvalue weighted by Crippen LogP contribution is -2.11. The maximum absolute atomic E-state index is 12.3. The molecule has 0 amide bonds. The van der Waals surface area contributed by atoms with Gasteiger partial charge in [-0.05, 0) is 61.7 Å². The van der Waals surface area contributed by atoms with E-state index in [1.165, 1.54) is 11.3 Å². The Hall–Kier alpha value is -1.16. The molecule has 120 valence electrons. The first-order valence-corrected chi connectivity index (χ1v) is 10.4. The van der Waals surface area contributed by atoms with Gasteiger partial charge in [0.05, 0.1) is 21.0 Å². The van der Waals surface area contributed by atoms with Gasteiger partial charge in [-0.25, -0.2) is 8.42 Å². The molecule has 0 saturated carbocycles. The van der Waals surface area contributed by atoms with E-state index in [-0.39, 0.29) is 4.21 Å². The minimum absolute atomic E-state index is 0.269. The molecule has 5 nitrogen and oxygen atoms in total. The third-order valence-electron chi connectivity index (χ3n) is 2.94. The number of halogens is 2. The fourth-order valence-corrected chi connectivity index (χ4v) is 5.38. The predicted octanol–water partition coefficient (Wildman–Crippen LogP) is 4.32. The zero-order chi connectivity index (χ0) is 16.4. The summed E-state index contributed by atoms with van der Waals surface area (Å²) in [5.74, 6) is 0. The molecule has 0 spiro atoms. The molecule has 0 aliphatic rings. The van der Waals surface area contributed by atoms with Gasteiger partial charge in [-0.3, -0.25) is 9.40 Å². The maximum atomic E-state index is 12.3. The second-order valence-electron chi connectivity index (χ2n) is 4.72. The first-order valence-electron chi connectivity index (χ1n) is 6.47. The molecular formula is C14H11Br2N3O2S2. The van der Waals surface area contributed by atoms with Crippen LogP contribution < -0.4 is 4.72 Å². The lowest BCUT2D eigenvalue weighted by atomic mass is 10.2. The van der Waals surface area contributed by atoms with Crippen LogP contribution in [0.3, 0.4) is 0 Å². The van der Waals surface area contributed by atoms with Gasteiger partial charge in [0.1, 0.15) is 4.21 Å². The summed E-state index contributed by atoms with van der Waals surface area (Å²) in [6.45, 7) is 0.561. The maximum Gasteiger partial charge on any atom is 0.271 e. The minimum atomic E-state index is -3.57. The summed E-state index contributed by atoms with van der Waals surface area (Å²) in [5, 5.41) is 4.19. The van der Waals surface area contributed by atoms with Gasteiger partial charge in [0.15, 0.2) is 0 Å². The largest absolute Gasteiger partial charge is 0.279 e. The van der Waals surface area contributed by atoms with Crippen molar-refractivity contribution in [2.24, 2.45) is 0 Å². The van der Waals surface area contributed by atoms with Gasteiger partial charge >= 0.3 is 0 Å². The molecule has 3 aromatic rings. The molecule has 23 heavy (non-hydrogen) atoms. The van der Waals surface area contributed by atoms with Gasteiger partial charge in [0.25, 0.3) is 10.0 Å². The normalized spacial score (nSPS) is 11.6. The molecule has 0 aliphatic heterocycles. The summed E-state index contributed by atoms with van der Waals surface area (Å²) in [7, 11) is -3.57. The molecule has 0 saturated heterocycles. The van der Waals surface area contributed by atoms with Crippen molar-refractivity contribution in [2.45, 2.75) is 10.8 Å². The smallest absolute Gasteiger partial charge is 0.271 e. The molecule has 2 heterocycles. The Labute approximate surface area is 154 Å². The number of benzene rings is 1. The Morgan fingerprint density at radius 1 is 1.22 bits per heavy atom. The Morgan fingerprint density at radius 2 is 2.04 bits per heavy atom. The van der Waals surface area contributed by atoms with Crippen LogP contribution in [0, 0.1) is 0 Å². The van der Waals surface area contributed by atoms with Crippen molar-refractivity contribution in [1.82, 2.24) is 9.78 Å². The molecule has 1 N–H and O–H groups in total. The van der Waals surface area contributed by atoms with Crippen LogP contribution in [0.25, 0.3) is 0 Å². The van der Waals surface area contributed by atoms with E-state index >= 15 is 0 Å². The number of rotatable bonds is 5. The number of nitrogens with one attached hydrogen (secondary N) is 1. The summed E-state index contributed by atoms with van der Waals surface area (Å²) in [6, 6.07) is 10.6. The van der Waals surface area contributed by atoms with Gasteiger partial charge in [-0.15, -0.1) is 11.3 Å². The van der Waals surface area contributed by atoms with Gasteiger partial charge < -0.3 is 0 Å². The highest BCUT2D eigenvalue weighted by Gasteiger charge is 2.16. The third kappa shape index (κ3) is 4.23. The molecule has 3 rings (SSSR count). The van der Waals surface area contributed by atoms with Crippen molar-refractivity contribution in [3.8, 4) is 0 Å². The molecule has 2 aromatic heterocycles. The Kier molecular flexibility index (Phi) is 4.90. The van der Waals surface area contributed by atoms with Crippen molar-refractivity contribution in [2.75, 3.05) is 4.72 Å². The molecule has 0 atom stereocenters. The summed E-state index contributed by atoms with van der Waals surface area (Å²) >= 11 is 7.79. The van der Waals surface area contributed by atoms with Crippen molar-refractivity contribution in [3.63, 3.8) is 0 Å². The zero-order valence-corrected chi connectivity index (χ0v) is 16.4. The van der Waals surface area contributed by atoms with Crippen molar-refractivity contribution in [3.05, 3.63) is 62.6 Å².